The first-order chi connectivity index (χ1) is 42.4. The molecule has 0 N–H and O–H groups in total. The van der Waals surface area contributed by atoms with E-state index in [0.717, 1.165) is 59.7 Å². The van der Waals surface area contributed by atoms with E-state index < -0.39 is 0 Å². The van der Waals surface area contributed by atoms with Gasteiger partial charge in [-0.05, 0) is 188 Å². The summed E-state index contributed by atoms with van der Waals surface area (Å²) in [6.45, 7) is 25.1. The van der Waals surface area contributed by atoms with Gasteiger partial charge in [-0.25, -0.2) is 0 Å². The summed E-state index contributed by atoms with van der Waals surface area (Å²) in [6, 6.07) is 75.9. The number of rotatable bonds is 4. The van der Waals surface area contributed by atoms with Crippen molar-refractivity contribution in [2.24, 2.45) is 0 Å². The van der Waals surface area contributed by atoms with Crippen LogP contribution in [-0.4, -0.2) is 12.3 Å². The Morgan fingerprint density at radius 1 is 0.398 bits per heavy atom. The molecule has 5 heteroatoms. The van der Waals surface area contributed by atoms with E-state index in [1.807, 2.05) is 0 Å². The van der Waals surface area contributed by atoms with Gasteiger partial charge in [0.05, 0.1) is 16.9 Å². The highest BCUT2D eigenvalue weighted by atomic mass is 16.3. The molecule has 4 nitrogen and oxygen atoms in total. The SMILES string of the molecule is CC1(C)CCC(C)(C)c2cc3c(cc21)B1c2cc4c(cc2N(c2cccc5c2-c2ccccc2C5)c2cc(N5c6ccc(-c7ccccc7)cc6C6(C)CCCCC56C)cc(c21)N3c1cccc2c1oc1ccccc12)C(C)(C)c1ccccc1C4(C)C. The molecule has 4 aliphatic carbocycles. The quantitative estimate of drug-likeness (QED) is 0.164. The van der Waals surface area contributed by atoms with Crippen LogP contribution in [0.4, 0.5) is 45.5 Å². The van der Waals surface area contributed by atoms with Crippen molar-refractivity contribution in [2.75, 3.05) is 14.7 Å². The van der Waals surface area contributed by atoms with Gasteiger partial charge in [0.1, 0.15) is 5.58 Å². The van der Waals surface area contributed by atoms with Crippen LogP contribution < -0.4 is 31.1 Å². The Morgan fingerprint density at radius 3 is 1.73 bits per heavy atom. The van der Waals surface area contributed by atoms with E-state index in [9.17, 15) is 0 Å². The van der Waals surface area contributed by atoms with Crippen molar-refractivity contribution in [3.63, 3.8) is 0 Å². The Hall–Kier alpha value is -8.54. The highest BCUT2D eigenvalue weighted by Crippen LogP contribution is 2.64. The Morgan fingerprint density at radius 2 is 0.977 bits per heavy atom. The van der Waals surface area contributed by atoms with Gasteiger partial charge in [0.25, 0.3) is 6.71 Å². The third-order valence-electron chi connectivity index (χ3n) is 23.9. The monoisotopic (exact) mass is 1140 g/mol. The lowest BCUT2D eigenvalue weighted by Crippen LogP contribution is -2.62. The first-order valence-electron chi connectivity index (χ1n) is 32.7. The predicted molar refractivity (Wildman–Crippen MR) is 370 cm³/mol. The molecule has 7 aliphatic rings. The molecule has 1 fully saturated rings. The molecule has 0 radical (unpaired) electrons. The Bertz CT molecular complexity index is 4870. The lowest BCUT2D eigenvalue weighted by Gasteiger charge is -2.52. The Balaban J connectivity index is 1.02. The number of anilines is 8. The van der Waals surface area contributed by atoms with E-state index in [0.29, 0.717) is 0 Å². The normalized spacial score (nSPS) is 21.3. The minimum atomic E-state index is -0.278. The van der Waals surface area contributed by atoms with E-state index >= 15 is 0 Å². The van der Waals surface area contributed by atoms with Crippen LogP contribution in [0.1, 0.15) is 158 Å². The first-order valence-corrected chi connectivity index (χ1v) is 32.7. The molecule has 3 aliphatic heterocycles. The predicted octanol–water partition coefficient (Wildman–Crippen LogP) is 20.0. The molecule has 18 rings (SSSR count). The Kier molecular flexibility index (Phi) is 10.5. The van der Waals surface area contributed by atoms with E-state index in [1.165, 1.54) is 141 Å². The van der Waals surface area contributed by atoms with Gasteiger partial charge in [0.2, 0.25) is 0 Å². The topological polar surface area (TPSA) is 22.9 Å². The first kappa shape index (κ1) is 52.6. The fourth-order valence-electron chi connectivity index (χ4n) is 18.8. The van der Waals surface area contributed by atoms with Crippen LogP contribution in [0, 0.1) is 0 Å². The number of hydrogen-bond acceptors (Lipinski definition) is 4. The van der Waals surface area contributed by atoms with Crippen LogP contribution in [-0.2, 0) is 33.5 Å². The van der Waals surface area contributed by atoms with Crippen molar-refractivity contribution in [2.45, 2.75) is 147 Å². The lowest BCUT2D eigenvalue weighted by molar-refractivity contribution is 0.195. The van der Waals surface area contributed by atoms with E-state index in [1.54, 1.807) is 0 Å². The summed E-state index contributed by atoms with van der Waals surface area (Å²) in [5, 5.41) is 2.28. The number of nitrogens with zero attached hydrogens (tertiary/aromatic N) is 3. The van der Waals surface area contributed by atoms with E-state index in [4.69, 9.17) is 4.42 Å². The molecule has 88 heavy (non-hydrogen) atoms. The summed E-state index contributed by atoms with van der Waals surface area (Å²) in [4.78, 5) is 8.33. The molecule has 432 valence electrons. The molecule has 0 saturated heterocycles. The number of hydrogen-bond donors (Lipinski definition) is 0. The summed E-state index contributed by atoms with van der Waals surface area (Å²) in [5.74, 6) is 0. The molecule has 2 unspecified atom stereocenters. The maximum Gasteiger partial charge on any atom is 0.252 e. The van der Waals surface area contributed by atoms with Gasteiger partial charge in [-0.15, -0.1) is 0 Å². The van der Waals surface area contributed by atoms with Gasteiger partial charge >= 0.3 is 0 Å². The molecule has 0 bridgehead atoms. The molecule has 11 aromatic rings. The molecule has 2 atom stereocenters. The zero-order valence-corrected chi connectivity index (χ0v) is 52.8. The van der Waals surface area contributed by atoms with Gasteiger partial charge in [-0.3, -0.25) is 0 Å². The summed E-state index contributed by atoms with van der Waals surface area (Å²) < 4.78 is 7.28. The number of para-hydroxylation sites is 2. The highest BCUT2D eigenvalue weighted by molar-refractivity contribution is 7.00. The zero-order chi connectivity index (χ0) is 59.8. The highest BCUT2D eigenvalue weighted by Gasteiger charge is 2.59. The molecule has 10 aromatic carbocycles. The largest absolute Gasteiger partial charge is 0.454 e. The molecule has 1 aromatic heterocycles. The van der Waals surface area contributed by atoms with Gasteiger partial charge < -0.3 is 19.1 Å². The molecule has 1 saturated carbocycles. The van der Waals surface area contributed by atoms with Gasteiger partial charge in [0, 0.05) is 66.7 Å². The maximum atomic E-state index is 7.28. The van der Waals surface area contributed by atoms with Crippen molar-refractivity contribution in [3.05, 3.63) is 244 Å². The summed E-state index contributed by atoms with van der Waals surface area (Å²) in [7, 11) is 0. The van der Waals surface area contributed by atoms with E-state index in [2.05, 4.69) is 278 Å². The van der Waals surface area contributed by atoms with Crippen LogP contribution in [0.15, 0.2) is 199 Å². The minimum absolute atomic E-state index is 0.0326. The Labute approximate surface area is 520 Å². The molecule has 4 heterocycles. The van der Waals surface area contributed by atoms with Crippen molar-refractivity contribution < 1.29 is 4.42 Å². The second-order valence-corrected chi connectivity index (χ2v) is 30.1. The summed E-state index contributed by atoms with van der Waals surface area (Å²) in [6.07, 6.45) is 7.78. The van der Waals surface area contributed by atoms with Crippen LogP contribution in [0.3, 0.4) is 0 Å². The number of fused-ring (bicyclic) bond motifs is 16. The second-order valence-electron chi connectivity index (χ2n) is 30.1. The molecular weight excluding hydrogens is 1070 g/mol. The van der Waals surface area contributed by atoms with Gasteiger partial charge in [0.15, 0.2) is 5.58 Å². The van der Waals surface area contributed by atoms with Crippen LogP contribution in [0.25, 0.3) is 44.2 Å². The summed E-state index contributed by atoms with van der Waals surface area (Å²) >= 11 is 0. The van der Waals surface area contributed by atoms with Crippen LogP contribution in [0.5, 0.6) is 0 Å². The fraction of sp³-hybridized carbons (Fsp3) is 0.277. The molecular formula is C83H76BN3O. The summed E-state index contributed by atoms with van der Waals surface area (Å²) in [5.41, 5.74) is 32.8. The van der Waals surface area contributed by atoms with Crippen LogP contribution in [0.2, 0.25) is 0 Å². The van der Waals surface area contributed by atoms with Gasteiger partial charge in [-0.1, -0.05) is 215 Å². The average molecular weight is 1140 g/mol. The van der Waals surface area contributed by atoms with Crippen molar-refractivity contribution in [3.8, 4) is 22.3 Å². The van der Waals surface area contributed by atoms with E-state index in [-0.39, 0.29) is 39.3 Å². The van der Waals surface area contributed by atoms with Gasteiger partial charge in [-0.2, -0.15) is 0 Å². The average Bonchev–Trinajstić information content (AvgIpc) is 0.954. The number of furan rings is 1. The maximum absolute atomic E-state index is 7.28. The minimum Gasteiger partial charge on any atom is -0.454 e. The third kappa shape index (κ3) is 6.78. The second kappa shape index (κ2) is 17.6. The smallest absolute Gasteiger partial charge is 0.252 e. The van der Waals surface area contributed by atoms with Crippen LogP contribution >= 0.6 is 0 Å². The molecule has 0 amide bonds. The molecule has 0 spiro atoms. The third-order valence-corrected chi connectivity index (χ3v) is 23.9. The standard InChI is InChI=1S/C83H76BN3O/c1-78(2)40-41-79(3,4)61-48-70-65(46-60(61)78)84-66-47-62-63(81(7,8)59-32-18-17-31-58(59)80(62,5)6)49-71(66)85(68-33-22-27-53-42-52-26-14-15-28-55(52)75(53)68)72-44-54(45-73(76(72)84)86(70)69-34-23-30-57-56-29-16-19-35-74(56)88-77(57)69)87-67-37-36-51(50-24-12-11-13-25-50)43-64(67)82(9)38-20-21-39-83(82,87)10/h11-19,22-37,43-49H,20-21,38-42H2,1-10H3. The number of benzene rings is 10. The fourth-order valence-corrected chi connectivity index (χ4v) is 18.8. The zero-order valence-electron chi connectivity index (χ0n) is 52.8. The lowest BCUT2D eigenvalue weighted by atomic mass is 9.32. The van der Waals surface area contributed by atoms with Crippen molar-refractivity contribution in [1.82, 2.24) is 0 Å². The van der Waals surface area contributed by atoms with Crippen molar-refractivity contribution >= 4 is 90.5 Å². The van der Waals surface area contributed by atoms with Crippen molar-refractivity contribution in [1.29, 1.82) is 0 Å².